The van der Waals surface area contributed by atoms with Gasteiger partial charge in [-0.05, 0) is 30.3 Å². The Morgan fingerprint density at radius 2 is 1.46 bits per heavy atom. The highest BCUT2D eigenvalue weighted by molar-refractivity contribution is 6.04. The maximum absolute atomic E-state index is 12.8. The summed E-state index contributed by atoms with van der Waals surface area (Å²) in [6.45, 7) is 0. The zero-order chi connectivity index (χ0) is 19.7. The number of amides is 2. The summed E-state index contributed by atoms with van der Waals surface area (Å²) in [7, 11) is 0. The average molecular weight is 377 g/mol. The maximum Gasteiger partial charge on any atom is 0.416 e. The first-order valence-electron chi connectivity index (χ1n) is 6.74. The number of aromatic nitrogens is 1. The molecule has 1 aromatic carbocycles. The maximum atomic E-state index is 12.8. The van der Waals surface area contributed by atoms with Crippen LogP contribution in [0.4, 0.5) is 32.0 Å². The molecule has 2 aromatic rings. The quantitative estimate of drug-likeness (QED) is 0.804. The largest absolute Gasteiger partial charge is 0.416 e. The normalized spacial score (nSPS) is 11.9. The Kier molecular flexibility index (Phi) is 4.92. The number of carbonyl (C=O) groups is 2. The van der Waals surface area contributed by atoms with Gasteiger partial charge in [0.25, 0.3) is 11.8 Å². The second kappa shape index (κ2) is 6.65. The van der Waals surface area contributed by atoms with E-state index in [1.165, 1.54) is 0 Å². The van der Waals surface area contributed by atoms with Gasteiger partial charge >= 0.3 is 12.4 Å². The molecule has 0 aliphatic heterocycles. The summed E-state index contributed by atoms with van der Waals surface area (Å²) in [5.74, 6) is -1.88. The van der Waals surface area contributed by atoms with Gasteiger partial charge in [-0.25, -0.2) is 0 Å². The Bertz CT molecular complexity index is 812. The molecule has 1 aromatic heterocycles. The topological polar surface area (TPSA) is 85.1 Å². The molecule has 11 heteroatoms. The van der Waals surface area contributed by atoms with E-state index in [0.29, 0.717) is 12.1 Å². The molecular formula is C15H9F6N3O2. The van der Waals surface area contributed by atoms with Crippen molar-refractivity contribution in [1.82, 2.24) is 4.98 Å². The van der Waals surface area contributed by atoms with E-state index in [1.807, 2.05) is 5.32 Å². The molecule has 2 amide bonds. The number of benzene rings is 1. The molecule has 3 N–H and O–H groups in total. The van der Waals surface area contributed by atoms with Crippen molar-refractivity contribution in [3.8, 4) is 0 Å². The molecule has 0 bridgehead atoms. The number of anilines is 1. The molecule has 0 spiro atoms. The van der Waals surface area contributed by atoms with Crippen LogP contribution in [-0.2, 0) is 12.4 Å². The number of nitrogens with two attached hydrogens (primary N) is 1. The summed E-state index contributed by atoms with van der Waals surface area (Å²) in [6, 6.07) is 2.88. The summed E-state index contributed by atoms with van der Waals surface area (Å²) < 4.78 is 76.7. The number of alkyl halides is 6. The predicted octanol–water partition coefficient (Wildman–Crippen LogP) is 3.47. The first-order valence-corrected chi connectivity index (χ1v) is 6.74. The molecule has 0 atom stereocenters. The van der Waals surface area contributed by atoms with Crippen LogP contribution in [0.1, 0.15) is 32.0 Å². The van der Waals surface area contributed by atoms with E-state index < -0.39 is 41.0 Å². The number of rotatable bonds is 3. The fourth-order valence-electron chi connectivity index (χ4n) is 1.90. The van der Waals surface area contributed by atoms with Crippen molar-refractivity contribution in [2.45, 2.75) is 12.4 Å². The first kappa shape index (κ1) is 19.2. The lowest BCUT2D eigenvalue weighted by molar-refractivity contribution is -0.143. The van der Waals surface area contributed by atoms with Gasteiger partial charge in [-0.15, -0.1) is 0 Å². The van der Waals surface area contributed by atoms with E-state index in [4.69, 9.17) is 5.73 Å². The molecule has 0 unspecified atom stereocenters. The Hall–Kier alpha value is -3.11. The van der Waals surface area contributed by atoms with Crippen LogP contribution in [0.25, 0.3) is 0 Å². The van der Waals surface area contributed by atoms with Crippen molar-refractivity contribution in [3.05, 3.63) is 58.9 Å². The second-order valence-electron chi connectivity index (χ2n) is 5.05. The standard InChI is InChI=1S/C15H9F6N3O2/c16-14(17,18)8-3-9(15(19,20)21)5-10(4-8)24-13(26)7-1-2-11(12(22)25)23-6-7/h1-6H,(H2,22,25)(H,24,26). The molecule has 1 heterocycles. The molecule has 0 radical (unpaired) electrons. The van der Waals surface area contributed by atoms with Crippen LogP contribution in [0.15, 0.2) is 36.5 Å². The molecule has 0 aliphatic rings. The van der Waals surface area contributed by atoms with Gasteiger partial charge < -0.3 is 11.1 Å². The van der Waals surface area contributed by atoms with Gasteiger partial charge in [0.1, 0.15) is 5.69 Å². The summed E-state index contributed by atoms with van der Waals surface area (Å²) in [5.41, 5.74) is 0.775. The first-order chi connectivity index (χ1) is 11.9. The lowest BCUT2D eigenvalue weighted by Gasteiger charge is -2.14. The zero-order valence-electron chi connectivity index (χ0n) is 12.6. The smallest absolute Gasteiger partial charge is 0.364 e. The van der Waals surface area contributed by atoms with Crippen LogP contribution in [-0.4, -0.2) is 16.8 Å². The minimum absolute atomic E-state index is 0.0567. The van der Waals surface area contributed by atoms with Gasteiger partial charge in [-0.1, -0.05) is 0 Å². The predicted molar refractivity (Wildman–Crippen MR) is 77.2 cm³/mol. The Morgan fingerprint density at radius 3 is 1.85 bits per heavy atom. The van der Waals surface area contributed by atoms with Gasteiger partial charge in [0.15, 0.2) is 0 Å². The van der Waals surface area contributed by atoms with Crippen LogP contribution < -0.4 is 11.1 Å². The van der Waals surface area contributed by atoms with Crippen LogP contribution in [0.3, 0.4) is 0 Å². The summed E-state index contributed by atoms with van der Waals surface area (Å²) in [5, 5.41) is 1.94. The minimum Gasteiger partial charge on any atom is -0.364 e. The summed E-state index contributed by atoms with van der Waals surface area (Å²) in [6.07, 6.45) is -9.16. The van der Waals surface area contributed by atoms with Gasteiger partial charge in [0.05, 0.1) is 16.7 Å². The molecule has 0 aliphatic carbocycles. The minimum atomic E-state index is -5.04. The summed E-state index contributed by atoms with van der Waals surface area (Å²) in [4.78, 5) is 26.4. The van der Waals surface area contributed by atoms with E-state index in [0.717, 1.165) is 18.3 Å². The van der Waals surface area contributed by atoms with Crippen molar-refractivity contribution in [3.63, 3.8) is 0 Å². The lowest BCUT2D eigenvalue weighted by atomic mass is 10.1. The van der Waals surface area contributed by atoms with Crippen LogP contribution >= 0.6 is 0 Å². The molecule has 138 valence electrons. The summed E-state index contributed by atoms with van der Waals surface area (Å²) >= 11 is 0. The van der Waals surface area contributed by atoms with E-state index in [2.05, 4.69) is 4.98 Å². The SMILES string of the molecule is NC(=O)c1ccc(C(=O)Nc2cc(C(F)(F)F)cc(C(F)(F)F)c2)cn1. The fraction of sp³-hybridized carbons (Fsp3) is 0.133. The number of hydrogen-bond acceptors (Lipinski definition) is 3. The lowest BCUT2D eigenvalue weighted by Crippen LogP contribution is -2.17. The van der Waals surface area contributed by atoms with E-state index >= 15 is 0 Å². The van der Waals surface area contributed by atoms with E-state index in [-0.39, 0.29) is 17.3 Å². The number of hydrogen-bond donors (Lipinski definition) is 2. The highest BCUT2D eigenvalue weighted by Crippen LogP contribution is 2.37. The van der Waals surface area contributed by atoms with Crippen molar-refractivity contribution in [2.24, 2.45) is 5.73 Å². The van der Waals surface area contributed by atoms with Crippen molar-refractivity contribution >= 4 is 17.5 Å². The Balaban J connectivity index is 2.35. The Labute approximate surface area is 141 Å². The number of primary amides is 1. The molecule has 0 saturated carbocycles. The third-order valence-electron chi connectivity index (χ3n) is 3.12. The molecule has 2 rings (SSSR count). The van der Waals surface area contributed by atoms with Crippen molar-refractivity contribution in [1.29, 1.82) is 0 Å². The molecular weight excluding hydrogens is 368 g/mol. The number of pyridine rings is 1. The van der Waals surface area contributed by atoms with E-state index in [1.54, 1.807) is 0 Å². The second-order valence-corrected chi connectivity index (χ2v) is 5.05. The highest BCUT2D eigenvalue weighted by Gasteiger charge is 2.37. The molecule has 5 nitrogen and oxygen atoms in total. The Morgan fingerprint density at radius 1 is 0.923 bits per heavy atom. The third-order valence-corrected chi connectivity index (χ3v) is 3.12. The fourth-order valence-corrected chi connectivity index (χ4v) is 1.90. The number of halogens is 6. The molecule has 0 fully saturated rings. The van der Waals surface area contributed by atoms with Gasteiger partial charge in [0.2, 0.25) is 0 Å². The monoisotopic (exact) mass is 377 g/mol. The molecule has 26 heavy (non-hydrogen) atoms. The third kappa shape index (κ3) is 4.49. The number of carbonyl (C=O) groups excluding carboxylic acids is 2. The van der Waals surface area contributed by atoms with Gasteiger partial charge in [0, 0.05) is 11.9 Å². The average Bonchev–Trinajstić information content (AvgIpc) is 2.53. The van der Waals surface area contributed by atoms with Gasteiger partial charge in [-0.2, -0.15) is 26.3 Å². The van der Waals surface area contributed by atoms with Crippen LogP contribution in [0.2, 0.25) is 0 Å². The molecule has 0 saturated heterocycles. The van der Waals surface area contributed by atoms with Crippen molar-refractivity contribution in [2.75, 3.05) is 5.32 Å². The highest BCUT2D eigenvalue weighted by atomic mass is 19.4. The van der Waals surface area contributed by atoms with Crippen LogP contribution in [0.5, 0.6) is 0 Å². The van der Waals surface area contributed by atoms with E-state index in [9.17, 15) is 35.9 Å². The van der Waals surface area contributed by atoms with Gasteiger partial charge in [-0.3, -0.25) is 14.6 Å². The van der Waals surface area contributed by atoms with Crippen LogP contribution in [0, 0.1) is 0 Å². The number of nitrogens with zero attached hydrogens (tertiary/aromatic N) is 1. The number of nitrogens with one attached hydrogen (secondary N) is 1. The zero-order valence-corrected chi connectivity index (χ0v) is 12.6. The van der Waals surface area contributed by atoms with Crippen molar-refractivity contribution < 1.29 is 35.9 Å².